The van der Waals surface area contributed by atoms with Crippen molar-refractivity contribution in [3.63, 3.8) is 0 Å². The number of ether oxygens (including phenoxy) is 2. The second kappa shape index (κ2) is 9.08. The van der Waals surface area contributed by atoms with Crippen LogP contribution in [0.1, 0.15) is 11.1 Å². The van der Waals surface area contributed by atoms with Crippen molar-refractivity contribution in [2.45, 2.75) is 13.2 Å². The summed E-state index contributed by atoms with van der Waals surface area (Å²) in [5, 5.41) is 12.7. The number of methoxy groups -OCH3 is 1. The second-order valence-corrected chi connectivity index (χ2v) is 5.83. The summed E-state index contributed by atoms with van der Waals surface area (Å²) in [5.41, 5.74) is 1.49. The second-order valence-electron chi connectivity index (χ2n) is 5.02. The van der Waals surface area contributed by atoms with Crippen molar-refractivity contribution in [3.05, 3.63) is 57.3 Å². The minimum Gasteiger partial charge on any atom is -0.493 e. The molecule has 0 bridgehead atoms. The standard InChI is InChI=1S/C17H18Cl2FNO3/c1-23-16-6-12(9-21-4-5-22)15(19)8-17(16)24-10-11-2-3-13(20)7-14(11)18/h2-3,6-8,21-22H,4-5,9-10H2,1H3. The molecule has 7 heteroatoms. The van der Waals surface area contributed by atoms with Gasteiger partial charge in [-0.3, -0.25) is 0 Å². The third-order valence-electron chi connectivity index (χ3n) is 3.33. The lowest BCUT2D eigenvalue weighted by Crippen LogP contribution is -2.17. The highest BCUT2D eigenvalue weighted by molar-refractivity contribution is 6.31. The number of nitrogens with one attached hydrogen (secondary N) is 1. The number of hydrogen-bond donors (Lipinski definition) is 2. The highest BCUT2D eigenvalue weighted by Crippen LogP contribution is 2.34. The molecular weight excluding hydrogens is 356 g/mol. The van der Waals surface area contributed by atoms with Gasteiger partial charge in [-0.25, -0.2) is 4.39 Å². The Morgan fingerprint density at radius 2 is 1.83 bits per heavy atom. The molecule has 0 aliphatic rings. The largest absolute Gasteiger partial charge is 0.493 e. The topological polar surface area (TPSA) is 50.7 Å². The maximum atomic E-state index is 13.1. The number of halogens is 3. The van der Waals surface area contributed by atoms with E-state index in [1.807, 2.05) is 0 Å². The van der Waals surface area contributed by atoms with Gasteiger partial charge in [-0.15, -0.1) is 0 Å². The molecule has 0 aromatic heterocycles. The van der Waals surface area contributed by atoms with Crippen molar-refractivity contribution in [2.24, 2.45) is 0 Å². The zero-order valence-electron chi connectivity index (χ0n) is 13.1. The van der Waals surface area contributed by atoms with Gasteiger partial charge in [0.25, 0.3) is 0 Å². The molecule has 130 valence electrons. The molecule has 0 saturated carbocycles. The van der Waals surface area contributed by atoms with Crippen LogP contribution in [0.5, 0.6) is 11.5 Å². The smallest absolute Gasteiger partial charge is 0.163 e. The molecule has 2 aromatic rings. The molecule has 0 saturated heterocycles. The van der Waals surface area contributed by atoms with Crippen molar-refractivity contribution < 1.29 is 19.0 Å². The van der Waals surface area contributed by atoms with Gasteiger partial charge in [-0.1, -0.05) is 29.3 Å². The van der Waals surface area contributed by atoms with Gasteiger partial charge < -0.3 is 19.9 Å². The van der Waals surface area contributed by atoms with Crippen LogP contribution in [0.2, 0.25) is 10.0 Å². The van der Waals surface area contributed by atoms with Crippen LogP contribution in [-0.4, -0.2) is 25.4 Å². The van der Waals surface area contributed by atoms with Crippen LogP contribution < -0.4 is 14.8 Å². The van der Waals surface area contributed by atoms with E-state index >= 15 is 0 Å². The Kier molecular flexibility index (Phi) is 7.12. The molecule has 0 spiro atoms. The molecule has 2 N–H and O–H groups in total. The van der Waals surface area contributed by atoms with Crippen LogP contribution in [0, 0.1) is 5.82 Å². The molecule has 4 nitrogen and oxygen atoms in total. The Morgan fingerprint density at radius 3 is 2.50 bits per heavy atom. The summed E-state index contributed by atoms with van der Waals surface area (Å²) in [6.45, 7) is 1.18. The van der Waals surface area contributed by atoms with Crippen LogP contribution in [0.25, 0.3) is 0 Å². The van der Waals surface area contributed by atoms with Crippen molar-refractivity contribution in [1.82, 2.24) is 5.32 Å². The van der Waals surface area contributed by atoms with E-state index in [1.54, 1.807) is 18.2 Å². The van der Waals surface area contributed by atoms with E-state index in [4.69, 9.17) is 37.8 Å². The third kappa shape index (κ3) is 4.98. The molecule has 0 atom stereocenters. The van der Waals surface area contributed by atoms with Gasteiger partial charge in [0.1, 0.15) is 12.4 Å². The van der Waals surface area contributed by atoms with E-state index in [2.05, 4.69) is 5.32 Å². The molecule has 0 heterocycles. The lowest BCUT2D eigenvalue weighted by atomic mass is 10.2. The summed E-state index contributed by atoms with van der Waals surface area (Å²) in [7, 11) is 1.53. The average molecular weight is 374 g/mol. The first kappa shape index (κ1) is 18.8. The maximum Gasteiger partial charge on any atom is 0.163 e. The van der Waals surface area contributed by atoms with Crippen LogP contribution in [0.15, 0.2) is 30.3 Å². The lowest BCUT2D eigenvalue weighted by Gasteiger charge is -2.14. The van der Waals surface area contributed by atoms with Crippen molar-refractivity contribution in [2.75, 3.05) is 20.3 Å². The predicted octanol–water partition coefficient (Wildman–Crippen LogP) is 3.80. The minimum atomic E-state index is -0.399. The zero-order valence-corrected chi connectivity index (χ0v) is 14.6. The molecule has 0 amide bonds. The molecule has 2 rings (SSSR count). The summed E-state index contributed by atoms with van der Waals surface area (Å²) in [6, 6.07) is 7.56. The number of aliphatic hydroxyl groups excluding tert-OH is 1. The summed E-state index contributed by atoms with van der Waals surface area (Å²) in [5.74, 6) is 0.594. The molecule has 0 fully saturated rings. The monoisotopic (exact) mass is 373 g/mol. The fourth-order valence-corrected chi connectivity index (χ4v) is 2.52. The first-order valence-electron chi connectivity index (χ1n) is 7.30. The molecular formula is C17H18Cl2FNO3. The first-order valence-corrected chi connectivity index (χ1v) is 8.05. The van der Waals surface area contributed by atoms with E-state index < -0.39 is 5.82 Å². The van der Waals surface area contributed by atoms with E-state index in [0.29, 0.717) is 40.2 Å². The Morgan fingerprint density at radius 1 is 1.08 bits per heavy atom. The molecule has 0 aliphatic heterocycles. The van der Waals surface area contributed by atoms with Crippen molar-refractivity contribution in [1.29, 1.82) is 0 Å². The number of hydrogen-bond acceptors (Lipinski definition) is 4. The van der Waals surface area contributed by atoms with Gasteiger partial charge in [-0.05, 0) is 23.8 Å². The normalized spacial score (nSPS) is 10.7. The molecule has 0 radical (unpaired) electrons. The Bertz CT molecular complexity index is 698. The molecule has 24 heavy (non-hydrogen) atoms. The van der Waals surface area contributed by atoms with Crippen molar-refractivity contribution >= 4 is 23.2 Å². The Labute approximate surface area is 150 Å². The van der Waals surface area contributed by atoms with Crippen molar-refractivity contribution in [3.8, 4) is 11.5 Å². The summed E-state index contributed by atoms with van der Waals surface area (Å²) in [4.78, 5) is 0. The summed E-state index contributed by atoms with van der Waals surface area (Å²) >= 11 is 12.2. The van der Waals surface area contributed by atoms with Gasteiger partial charge >= 0.3 is 0 Å². The lowest BCUT2D eigenvalue weighted by molar-refractivity contribution is 0.284. The quantitative estimate of drug-likeness (QED) is 0.691. The van der Waals surface area contributed by atoms with Gasteiger partial charge in [0, 0.05) is 29.7 Å². The number of aliphatic hydroxyl groups is 1. The highest BCUT2D eigenvalue weighted by atomic mass is 35.5. The predicted molar refractivity (Wildman–Crippen MR) is 92.5 cm³/mol. The first-order chi connectivity index (χ1) is 11.5. The molecule has 0 aliphatic carbocycles. The van der Waals surface area contributed by atoms with E-state index in [-0.39, 0.29) is 13.2 Å². The van der Waals surface area contributed by atoms with Crippen LogP contribution in [-0.2, 0) is 13.2 Å². The van der Waals surface area contributed by atoms with Crippen LogP contribution >= 0.6 is 23.2 Å². The van der Waals surface area contributed by atoms with E-state index in [1.165, 1.54) is 19.2 Å². The molecule has 2 aromatic carbocycles. The fraction of sp³-hybridized carbons (Fsp3) is 0.294. The average Bonchev–Trinajstić information content (AvgIpc) is 2.56. The molecule has 0 unspecified atom stereocenters. The Hall–Kier alpha value is -1.53. The van der Waals surface area contributed by atoms with Crippen LogP contribution in [0.4, 0.5) is 4.39 Å². The van der Waals surface area contributed by atoms with E-state index in [0.717, 1.165) is 5.56 Å². The fourth-order valence-electron chi connectivity index (χ4n) is 2.08. The Balaban J connectivity index is 2.13. The van der Waals surface area contributed by atoms with Gasteiger partial charge in [0.15, 0.2) is 11.5 Å². The third-order valence-corrected chi connectivity index (χ3v) is 4.04. The SMILES string of the molecule is COc1cc(CNCCO)c(Cl)cc1OCc1ccc(F)cc1Cl. The highest BCUT2D eigenvalue weighted by Gasteiger charge is 2.12. The number of rotatable bonds is 8. The van der Waals surface area contributed by atoms with Crippen LogP contribution in [0.3, 0.4) is 0 Å². The van der Waals surface area contributed by atoms with Gasteiger partial charge in [0.2, 0.25) is 0 Å². The number of benzene rings is 2. The summed E-state index contributed by atoms with van der Waals surface area (Å²) in [6.07, 6.45) is 0. The van der Waals surface area contributed by atoms with E-state index in [9.17, 15) is 4.39 Å². The minimum absolute atomic E-state index is 0.0500. The maximum absolute atomic E-state index is 13.1. The van der Waals surface area contributed by atoms with Gasteiger partial charge in [0.05, 0.1) is 18.7 Å². The summed E-state index contributed by atoms with van der Waals surface area (Å²) < 4.78 is 24.1. The zero-order chi connectivity index (χ0) is 17.5. The van der Waals surface area contributed by atoms with Gasteiger partial charge in [-0.2, -0.15) is 0 Å².